The van der Waals surface area contributed by atoms with Crippen molar-refractivity contribution in [1.82, 2.24) is 24.8 Å². The molecule has 5 rings (SSSR count). The fraction of sp³-hybridized carbons (Fsp3) is 0.435. The van der Waals surface area contributed by atoms with Gasteiger partial charge in [-0.25, -0.2) is 15.0 Å². The number of carbonyl (C=O) groups excluding carboxylic acids is 1. The molecule has 0 saturated carbocycles. The molecule has 0 unspecified atom stereocenters. The van der Waals surface area contributed by atoms with Gasteiger partial charge in [-0.1, -0.05) is 0 Å². The first kappa shape index (κ1) is 21.9. The largest absolute Gasteiger partial charge is 0.493 e. The van der Waals surface area contributed by atoms with Gasteiger partial charge in [0.15, 0.2) is 11.5 Å². The normalized spacial score (nSPS) is 15.9. The maximum absolute atomic E-state index is 12.5. The van der Waals surface area contributed by atoms with Crippen LogP contribution in [0.25, 0.3) is 10.9 Å². The van der Waals surface area contributed by atoms with Crippen LogP contribution in [0.2, 0.25) is 0 Å². The van der Waals surface area contributed by atoms with Crippen molar-refractivity contribution in [1.29, 1.82) is 0 Å². The Morgan fingerprint density at radius 2 is 1.59 bits per heavy atom. The van der Waals surface area contributed by atoms with Crippen molar-refractivity contribution in [3.8, 4) is 11.5 Å². The van der Waals surface area contributed by atoms with Crippen molar-refractivity contribution >= 4 is 34.5 Å². The number of amides is 1. The number of nitrogens with zero attached hydrogens (tertiary/aromatic N) is 7. The molecule has 2 aliphatic heterocycles. The molecular weight excluding hydrogens is 436 g/mol. The third-order valence-corrected chi connectivity index (χ3v) is 6.35. The van der Waals surface area contributed by atoms with E-state index in [1.165, 1.54) is 0 Å². The fourth-order valence-electron chi connectivity index (χ4n) is 4.38. The molecule has 2 aromatic heterocycles. The van der Waals surface area contributed by atoms with E-state index in [0.29, 0.717) is 73.0 Å². The van der Waals surface area contributed by atoms with Crippen LogP contribution in [0.5, 0.6) is 11.5 Å². The number of hydrogen-bond acceptors (Lipinski definition) is 10. The number of methoxy groups -OCH3 is 2. The number of fused-ring (bicyclic) bond motifs is 2. The number of rotatable bonds is 5. The van der Waals surface area contributed by atoms with Crippen molar-refractivity contribution in [2.24, 2.45) is 0 Å². The summed E-state index contributed by atoms with van der Waals surface area (Å²) in [4.78, 5) is 37.0. The Morgan fingerprint density at radius 3 is 2.24 bits per heavy atom. The molecule has 1 fully saturated rings. The third-order valence-electron chi connectivity index (χ3n) is 6.35. The Bertz CT molecular complexity index is 1260. The average molecular weight is 465 g/mol. The van der Waals surface area contributed by atoms with Crippen LogP contribution < -0.4 is 25.0 Å². The van der Waals surface area contributed by atoms with E-state index in [4.69, 9.17) is 25.2 Å². The molecule has 0 bridgehead atoms. The second-order valence-electron chi connectivity index (χ2n) is 8.66. The smallest absolute Gasteiger partial charge is 0.257 e. The minimum Gasteiger partial charge on any atom is -0.493 e. The summed E-state index contributed by atoms with van der Waals surface area (Å²) in [6, 6.07) is 3.73. The van der Waals surface area contributed by atoms with Crippen LogP contribution in [0.1, 0.15) is 29.9 Å². The van der Waals surface area contributed by atoms with Gasteiger partial charge in [0, 0.05) is 49.9 Å². The molecule has 0 radical (unpaired) electrons. The minimum atomic E-state index is 0.00154. The van der Waals surface area contributed by atoms with Crippen LogP contribution in [-0.2, 0) is 6.54 Å². The Morgan fingerprint density at radius 1 is 0.941 bits per heavy atom. The zero-order valence-corrected chi connectivity index (χ0v) is 19.8. The van der Waals surface area contributed by atoms with Gasteiger partial charge in [0.05, 0.1) is 37.5 Å². The zero-order valence-electron chi connectivity index (χ0n) is 19.8. The molecule has 1 saturated heterocycles. The lowest BCUT2D eigenvalue weighted by Gasteiger charge is -2.34. The highest BCUT2D eigenvalue weighted by atomic mass is 16.5. The minimum absolute atomic E-state index is 0.00154. The summed E-state index contributed by atoms with van der Waals surface area (Å²) in [5.41, 5.74) is 8.35. The van der Waals surface area contributed by atoms with Gasteiger partial charge in [-0.05, 0) is 19.9 Å². The van der Waals surface area contributed by atoms with E-state index in [-0.39, 0.29) is 11.9 Å². The van der Waals surface area contributed by atoms with E-state index < -0.39 is 0 Å². The highest BCUT2D eigenvalue weighted by molar-refractivity contribution is 5.97. The molecule has 2 N–H and O–H groups in total. The Balaban J connectivity index is 1.33. The summed E-state index contributed by atoms with van der Waals surface area (Å²) in [7, 11) is 3.17. The maximum Gasteiger partial charge on any atom is 0.257 e. The van der Waals surface area contributed by atoms with Crippen molar-refractivity contribution in [2.75, 3.05) is 55.9 Å². The molecule has 3 aromatic rings. The van der Waals surface area contributed by atoms with Gasteiger partial charge in [0.25, 0.3) is 5.91 Å². The first-order chi connectivity index (χ1) is 16.4. The number of nitrogens with two attached hydrogens (primary N) is 1. The Kier molecular flexibility index (Phi) is 5.46. The van der Waals surface area contributed by atoms with E-state index in [2.05, 4.69) is 19.8 Å². The van der Waals surface area contributed by atoms with Crippen molar-refractivity contribution in [3.05, 3.63) is 29.6 Å². The van der Waals surface area contributed by atoms with E-state index in [0.717, 1.165) is 11.1 Å². The lowest BCUT2D eigenvalue weighted by molar-refractivity contribution is 0.0730. The number of benzene rings is 1. The molecule has 34 heavy (non-hydrogen) atoms. The summed E-state index contributed by atoms with van der Waals surface area (Å²) in [5.74, 6) is 2.79. The maximum atomic E-state index is 12.5. The summed E-state index contributed by atoms with van der Waals surface area (Å²) >= 11 is 0. The van der Waals surface area contributed by atoms with Gasteiger partial charge in [-0.15, -0.1) is 0 Å². The van der Waals surface area contributed by atoms with E-state index in [1.54, 1.807) is 26.5 Å². The van der Waals surface area contributed by atoms with Crippen LogP contribution in [0.3, 0.4) is 0 Å². The standard InChI is InChI=1S/C23H28N8O3/c1-13(2)31-12-17-15(21(31)32)11-25-22(27-17)29-5-7-30(8-6-29)23-26-16-10-19(34-4)18(33-3)9-14(16)20(24)28-23/h9-11,13H,5-8,12H2,1-4H3,(H2,24,26,28). The molecule has 11 heteroatoms. The first-order valence-corrected chi connectivity index (χ1v) is 11.3. The number of ether oxygens (including phenoxy) is 2. The summed E-state index contributed by atoms with van der Waals surface area (Å²) in [6.07, 6.45) is 1.66. The molecule has 2 aliphatic rings. The number of carbonyl (C=O) groups is 1. The second-order valence-corrected chi connectivity index (χ2v) is 8.66. The van der Waals surface area contributed by atoms with Gasteiger partial charge in [0.2, 0.25) is 11.9 Å². The molecule has 4 heterocycles. The van der Waals surface area contributed by atoms with Crippen molar-refractivity contribution < 1.29 is 14.3 Å². The van der Waals surface area contributed by atoms with Crippen LogP contribution in [0, 0.1) is 0 Å². The topological polar surface area (TPSA) is 123 Å². The van der Waals surface area contributed by atoms with Gasteiger partial charge in [-0.3, -0.25) is 4.79 Å². The van der Waals surface area contributed by atoms with Gasteiger partial charge in [0.1, 0.15) is 5.82 Å². The van der Waals surface area contributed by atoms with Crippen LogP contribution >= 0.6 is 0 Å². The van der Waals surface area contributed by atoms with E-state index in [1.807, 2.05) is 24.8 Å². The van der Waals surface area contributed by atoms with Crippen molar-refractivity contribution in [3.63, 3.8) is 0 Å². The van der Waals surface area contributed by atoms with E-state index in [9.17, 15) is 4.79 Å². The van der Waals surface area contributed by atoms with Gasteiger partial charge >= 0.3 is 0 Å². The summed E-state index contributed by atoms with van der Waals surface area (Å²) < 4.78 is 10.8. The van der Waals surface area contributed by atoms with Crippen LogP contribution in [0.4, 0.5) is 17.7 Å². The Hall–Kier alpha value is -3.89. The lowest BCUT2D eigenvalue weighted by Crippen LogP contribution is -2.47. The number of piperazine rings is 1. The molecule has 1 aromatic carbocycles. The molecule has 178 valence electrons. The van der Waals surface area contributed by atoms with E-state index >= 15 is 0 Å². The first-order valence-electron chi connectivity index (χ1n) is 11.3. The molecule has 0 atom stereocenters. The van der Waals surface area contributed by atoms with Crippen LogP contribution in [0.15, 0.2) is 18.3 Å². The fourth-order valence-corrected chi connectivity index (χ4v) is 4.38. The predicted molar refractivity (Wildman–Crippen MR) is 129 cm³/mol. The predicted octanol–water partition coefficient (Wildman–Crippen LogP) is 1.71. The molecular formula is C23H28N8O3. The number of nitrogen functional groups attached to an aromatic ring is 1. The Labute approximate surface area is 197 Å². The number of anilines is 3. The molecule has 0 spiro atoms. The van der Waals surface area contributed by atoms with Gasteiger partial charge < -0.3 is 29.9 Å². The van der Waals surface area contributed by atoms with Gasteiger partial charge in [-0.2, -0.15) is 4.98 Å². The SMILES string of the molecule is COc1cc2nc(N3CCN(c4ncc5c(n4)CN(C(C)C)C5=O)CC3)nc(N)c2cc1OC. The summed E-state index contributed by atoms with van der Waals surface area (Å²) in [5, 5.41) is 0.719. The second kappa shape index (κ2) is 8.47. The monoisotopic (exact) mass is 464 g/mol. The summed E-state index contributed by atoms with van der Waals surface area (Å²) in [6.45, 7) is 7.32. The molecule has 0 aliphatic carbocycles. The van der Waals surface area contributed by atoms with Crippen molar-refractivity contribution in [2.45, 2.75) is 26.4 Å². The highest BCUT2D eigenvalue weighted by Crippen LogP contribution is 2.34. The number of aromatic nitrogens is 4. The third kappa shape index (κ3) is 3.66. The molecule has 1 amide bonds. The van der Waals surface area contributed by atoms with Crippen LogP contribution in [-0.4, -0.2) is 77.2 Å². The zero-order chi connectivity index (χ0) is 24.0. The highest BCUT2D eigenvalue weighted by Gasteiger charge is 2.32. The average Bonchev–Trinajstić information content (AvgIpc) is 3.19. The molecule has 11 nitrogen and oxygen atoms in total. The lowest BCUT2D eigenvalue weighted by atomic mass is 10.2. The quantitative estimate of drug-likeness (QED) is 0.597. The number of hydrogen-bond donors (Lipinski definition) is 1.